The van der Waals surface area contributed by atoms with Crippen LogP contribution in [0.4, 0.5) is 14.9 Å². The molecule has 132 valence electrons. The highest BCUT2D eigenvalue weighted by Gasteiger charge is 2.39. The first kappa shape index (κ1) is 17.4. The predicted octanol–water partition coefficient (Wildman–Crippen LogP) is 2.74. The fraction of sp³-hybridized carbons (Fsp3) is 0.294. The molecule has 6 nitrogen and oxygen atoms in total. The quantitative estimate of drug-likeness (QED) is 0.763. The van der Waals surface area contributed by atoms with Crippen LogP contribution in [0.1, 0.15) is 11.3 Å². The smallest absolute Gasteiger partial charge is 0.322 e. The fourth-order valence-corrected chi connectivity index (χ4v) is 3.65. The number of nitrogens with zero attached hydrogens (tertiary/aromatic N) is 1. The minimum Gasteiger partial charge on any atom is -0.480 e. The molecule has 2 aromatic rings. The van der Waals surface area contributed by atoms with Crippen molar-refractivity contribution in [3.05, 3.63) is 52.5 Å². The Morgan fingerprint density at radius 2 is 2.20 bits per heavy atom. The van der Waals surface area contributed by atoms with Crippen LogP contribution in [0.25, 0.3) is 0 Å². The molecule has 1 saturated heterocycles. The van der Waals surface area contributed by atoms with Crippen LogP contribution in [0.3, 0.4) is 0 Å². The van der Waals surface area contributed by atoms with Crippen molar-refractivity contribution in [3.8, 4) is 0 Å². The topological polar surface area (TPSA) is 81.7 Å². The van der Waals surface area contributed by atoms with Gasteiger partial charge in [0.1, 0.15) is 11.9 Å². The van der Waals surface area contributed by atoms with Gasteiger partial charge in [-0.3, -0.25) is 4.79 Å². The van der Waals surface area contributed by atoms with E-state index in [0.29, 0.717) is 25.2 Å². The zero-order valence-electron chi connectivity index (χ0n) is 13.3. The van der Waals surface area contributed by atoms with Crippen molar-refractivity contribution < 1.29 is 19.1 Å². The Bertz CT molecular complexity index is 753. The maximum Gasteiger partial charge on any atom is 0.322 e. The lowest BCUT2D eigenvalue weighted by Crippen LogP contribution is -2.51. The summed E-state index contributed by atoms with van der Waals surface area (Å²) >= 11 is 1.50. The van der Waals surface area contributed by atoms with Gasteiger partial charge in [0.2, 0.25) is 0 Å². The summed E-state index contributed by atoms with van der Waals surface area (Å²) in [5, 5.41) is 16.9. The number of nitrogens with one attached hydrogen (secondary N) is 2. The van der Waals surface area contributed by atoms with Crippen molar-refractivity contribution in [3.63, 3.8) is 0 Å². The zero-order valence-corrected chi connectivity index (χ0v) is 14.1. The van der Waals surface area contributed by atoms with Gasteiger partial charge < -0.3 is 20.6 Å². The summed E-state index contributed by atoms with van der Waals surface area (Å²) in [5.74, 6) is -1.44. The highest BCUT2D eigenvalue weighted by atomic mass is 32.1. The molecule has 0 bridgehead atoms. The molecule has 1 aliphatic heterocycles. The Morgan fingerprint density at radius 1 is 1.36 bits per heavy atom. The molecule has 2 atom stereocenters. The van der Waals surface area contributed by atoms with E-state index in [1.165, 1.54) is 34.4 Å². The second kappa shape index (κ2) is 7.62. The van der Waals surface area contributed by atoms with Crippen LogP contribution in [-0.2, 0) is 11.3 Å². The van der Waals surface area contributed by atoms with E-state index in [0.717, 1.165) is 4.88 Å². The summed E-state index contributed by atoms with van der Waals surface area (Å²) < 4.78 is 13.3. The van der Waals surface area contributed by atoms with E-state index >= 15 is 0 Å². The molecule has 2 unspecified atom stereocenters. The number of carboxylic acid groups (broad SMARTS) is 1. The minimum absolute atomic E-state index is 0.301. The largest absolute Gasteiger partial charge is 0.480 e. The second-order valence-corrected chi connectivity index (χ2v) is 6.81. The molecule has 1 aromatic carbocycles. The summed E-state index contributed by atoms with van der Waals surface area (Å²) in [6.45, 7) is 0.824. The predicted molar refractivity (Wildman–Crippen MR) is 93.1 cm³/mol. The van der Waals surface area contributed by atoms with Gasteiger partial charge in [0, 0.05) is 10.6 Å². The lowest BCUT2D eigenvalue weighted by Gasteiger charge is -2.31. The number of urea groups is 1. The Hall–Kier alpha value is -2.45. The van der Waals surface area contributed by atoms with Crippen molar-refractivity contribution >= 4 is 29.0 Å². The van der Waals surface area contributed by atoms with Crippen LogP contribution in [0.15, 0.2) is 41.8 Å². The summed E-state index contributed by atoms with van der Waals surface area (Å²) in [4.78, 5) is 26.7. The number of carbonyl (C=O) groups is 2. The highest BCUT2D eigenvalue weighted by molar-refractivity contribution is 7.09. The fourth-order valence-electron chi connectivity index (χ4n) is 2.95. The number of hydrogen-bond donors (Lipinski definition) is 3. The van der Waals surface area contributed by atoms with Gasteiger partial charge in [0.05, 0.1) is 12.6 Å². The van der Waals surface area contributed by atoms with Gasteiger partial charge in [-0.05, 0) is 42.6 Å². The molecule has 1 aromatic heterocycles. The molecular weight excluding hydrogens is 345 g/mol. The van der Waals surface area contributed by atoms with Crippen LogP contribution in [0.2, 0.25) is 0 Å². The number of benzene rings is 1. The normalized spacial score (nSPS) is 19.6. The Kier molecular flexibility index (Phi) is 5.30. The van der Waals surface area contributed by atoms with E-state index in [4.69, 9.17) is 0 Å². The van der Waals surface area contributed by atoms with Crippen LogP contribution in [-0.4, -0.2) is 40.6 Å². The molecule has 3 N–H and O–H groups in total. The SMILES string of the molecule is O=C(O)C1NCCC1N(Cc1cccs1)C(=O)Nc1cccc(F)c1. The number of amides is 2. The maximum atomic E-state index is 13.3. The first-order valence-corrected chi connectivity index (χ1v) is 8.74. The summed E-state index contributed by atoms with van der Waals surface area (Å²) in [6, 6.07) is 7.64. The number of carboxylic acids is 1. The van der Waals surface area contributed by atoms with Crippen molar-refractivity contribution in [2.75, 3.05) is 11.9 Å². The molecule has 0 radical (unpaired) electrons. The zero-order chi connectivity index (χ0) is 17.8. The van der Waals surface area contributed by atoms with Gasteiger partial charge in [0.15, 0.2) is 0 Å². The van der Waals surface area contributed by atoms with Crippen molar-refractivity contribution in [1.29, 1.82) is 0 Å². The lowest BCUT2D eigenvalue weighted by molar-refractivity contribution is -0.140. The number of halogens is 1. The average Bonchev–Trinajstić information content (AvgIpc) is 3.24. The molecule has 1 fully saturated rings. The van der Waals surface area contributed by atoms with Crippen molar-refractivity contribution in [2.24, 2.45) is 0 Å². The van der Waals surface area contributed by atoms with E-state index in [-0.39, 0.29) is 0 Å². The first-order valence-electron chi connectivity index (χ1n) is 7.86. The van der Waals surface area contributed by atoms with E-state index in [2.05, 4.69) is 10.6 Å². The molecular formula is C17H18FN3O3S. The Labute approximate surface area is 148 Å². The third kappa shape index (κ3) is 4.15. The number of aliphatic carboxylic acids is 1. The van der Waals surface area contributed by atoms with E-state index < -0.39 is 29.9 Å². The van der Waals surface area contributed by atoms with Crippen LogP contribution >= 0.6 is 11.3 Å². The number of anilines is 1. The molecule has 0 aliphatic carbocycles. The summed E-state index contributed by atoms with van der Waals surface area (Å²) in [5.41, 5.74) is 0.332. The third-order valence-corrected chi connectivity index (χ3v) is 4.96. The van der Waals surface area contributed by atoms with Gasteiger partial charge in [-0.15, -0.1) is 11.3 Å². The number of hydrogen-bond acceptors (Lipinski definition) is 4. The van der Waals surface area contributed by atoms with E-state index in [9.17, 15) is 19.1 Å². The van der Waals surface area contributed by atoms with E-state index in [1.54, 1.807) is 6.07 Å². The average molecular weight is 363 g/mol. The molecule has 2 amide bonds. The van der Waals surface area contributed by atoms with Gasteiger partial charge >= 0.3 is 12.0 Å². The lowest BCUT2D eigenvalue weighted by atomic mass is 10.1. The van der Waals surface area contributed by atoms with Crippen LogP contribution in [0.5, 0.6) is 0 Å². The molecule has 0 saturated carbocycles. The van der Waals surface area contributed by atoms with Crippen LogP contribution in [0, 0.1) is 5.82 Å². The second-order valence-electron chi connectivity index (χ2n) is 5.77. The van der Waals surface area contributed by atoms with Gasteiger partial charge in [-0.25, -0.2) is 9.18 Å². The standard InChI is InChI=1S/C17H18FN3O3S/c18-11-3-1-4-12(9-11)20-17(24)21(10-13-5-2-8-25-13)14-6-7-19-15(14)16(22)23/h1-5,8-9,14-15,19H,6-7,10H2,(H,20,24)(H,22,23). The maximum absolute atomic E-state index is 13.3. The monoisotopic (exact) mass is 363 g/mol. The molecule has 2 heterocycles. The van der Waals surface area contributed by atoms with Crippen molar-refractivity contribution in [2.45, 2.75) is 25.0 Å². The molecule has 3 rings (SSSR count). The van der Waals surface area contributed by atoms with Crippen LogP contribution < -0.4 is 10.6 Å². The molecule has 1 aliphatic rings. The van der Waals surface area contributed by atoms with Crippen molar-refractivity contribution in [1.82, 2.24) is 10.2 Å². The van der Waals surface area contributed by atoms with Gasteiger partial charge in [-0.2, -0.15) is 0 Å². The highest BCUT2D eigenvalue weighted by Crippen LogP contribution is 2.22. The van der Waals surface area contributed by atoms with E-state index in [1.807, 2.05) is 17.5 Å². The summed E-state index contributed by atoms with van der Waals surface area (Å²) in [7, 11) is 0. The number of thiophene rings is 1. The first-order chi connectivity index (χ1) is 12.0. The Balaban J connectivity index is 1.82. The molecule has 25 heavy (non-hydrogen) atoms. The molecule has 8 heteroatoms. The number of carbonyl (C=O) groups excluding carboxylic acids is 1. The number of rotatable bonds is 5. The van der Waals surface area contributed by atoms with Gasteiger partial charge in [0.25, 0.3) is 0 Å². The summed E-state index contributed by atoms with van der Waals surface area (Å²) in [6.07, 6.45) is 0.541. The molecule has 0 spiro atoms. The minimum atomic E-state index is -0.989. The third-order valence-electron chi connectivity index (χ3n) is 4.10. The Morgan fingerprint density at radius 3 is 2.88 bits per heavy atom. The van der Waals surface area contributed by atoms with Gasteiger partial charge in [-0.1, -0.05) is 12.1 Å².